The van der Waals surface area contributed by atoms with Crippen LogP contribution in [0.15, 0.2) is 15.1 Å². The standard InChI is InChI=1S/C8H5Br2F2NO2/c1-15-8(14)6-5(10)4(9)3(2-13-6)7(11)12/h2,7H,1H3. The quantitative estimate of drug-likeness (QED) is 0.772. The van der Waals surface area contributed by atoms with Gasteiger partial charge in [-0.25, -0.2) is 18.6 Å². The summed E-state index contributed by atoms with van der Waals surface area (Å²) in [6, 6.07) is 0. The van der Waals surface area contributed by atoms with Crippen LogP contribution in [0.4, 0.5) is 8.78 Å². The van der Waals surface area contributed by atoms with Gasteiger partial charge in [-0.15, -0.1) is 0 Å². The molecule has 82 valence electrons. The van der Waals surface area contributed by atoms with Gasteiger partial charge >= 0.3 is 5.97 Å². The molecule has 0 aliphatic heterocycles. The Hall–Kier alpha value is -0.560. The zero-order valence-electron chi connectivity index (χ0n) is 7.43. The summed E-state index contributed by atoms with van der Waals surface area (Å²) in [7, 11) is 1.19. The van der Waals surface area contributed by atoms with Crippen molar-refractivity contribution in [2.45, 2.75) is 6.43 Å². The van der Waals surface area contributed by atoms with Gasteiger partial charge in [-0.2, -0.15) is 0 Å². The molecule has 3 nitrogen and oxygen atoms in total. The molecule has 7 heteroatoms. The third-order valence-corrected chi connectivity index (χ3v) is 3.76. The van der Waals surface area contributed by atoms with Crippen LogP contribution in [0.1, 0.15) is 22.5 Å². The molecule has 0 amide bonds. The van der Waals surface area contributed by atoms with E-state index in [2.05, 4.69) is 41.6 Å². The van der Waals surface area contributed by atoms with Gasteiger partial charge in [0.05, 0.1) is 17.1 Å². The topological polar surface area (TPSA) is 39.2 Å². The average molecular weight is 345 g/mol. The Morgan fingerprint density at radius 3 is 2.53 bits per heavy atom. The first kappa shape index (κ1) is 12.5. The molecular weight excluding hydrogens is 340 g/mol. The molecule has 0 aliphatic rings. The molecule has 1 heterocycles. The maximum atomic E-state index is 12.4. The summed E-state index contributed by atoms with van der Waals surface area (Å²) < 4.78 is 29.5. The molecule has 0 spiro atoms. The highest BCUT2D eigenvalue weighted by Gasteiger charge is 2.21. The molecule has 1 rings (SSSR count). The Morgan fingerprint density at radius 1 is 1.47 bits per heavy atom. The smallest absolute Gasteiger partial charge is 0.357 e. The molecule has 0 saturated carbocycles. The Morgan fingerprint density at radius 2 is 2.07 bits per heavy atom. The number of esters is 1. The van der Waals surface area contributed by atoms with E-state index in [4.69, 9.17) is 0 Å². The summed E-state index contributed by atoms with van der Waals surface area (Å²) in [5, 5.41) is 0. The minimum absolute atomic E-state index is 0.0474. The predicted molar refractivity (Wildman–Crippen MR) is 55.9 cm³/mol. The van der Waals surface area contributed by atoms with Crippen LogP contribution < -0.4 is 0 Å². The number of rotatable bonds is 2. The number of hydrogen-bond donors (Lipinski definition) is 0. The molecule has 0 atom stereocenters. The van der Waals surface area contributed by atoms with E-state index < -0.39 is 12.4 Å². The SMILES string of the molecule is COC(=O)c1ncc(C(F)F)c(Br)c1Br. The van der Waals surface area contributed by atoms with Crippen LogP contribution in [-0.2, 0) is 4.74 Å². The number of nitrogens with zero attached hydrogens (tertiary/aromatic N) is 1. The van der Waals surface area contributed by atoms with E-state index in [0.717, 1.165) is 6.20 Å². The first-order chi connectivity index (χ1) is 6.99. The Kier molecular flexibility index (Phi) is 4.15. The number of alkyl halides is 2. The molecule has 0 aromatic carbocycles. The van der Waals surface area contributed by atoms with Crippen molar-refractivity contribution in [2.75, 3.05) is 7.11 Å². The first-order valence-electron chi connectivity index (χ1n) is 3.69. The summed E-state index contributed by atoms with van der Waals surface area (Å²) in [6.07, 6.45) is -1.72. The molecule has 0 N–H and O–H groups in total. The molecule has 0 bridgehead atoms. The predicted octanol–water partition coefficient (Wildman–Crippen LogP) is 3.33. The Bertz CT molecular complexity index is 398. The first-order valence-corrected chi connectivity index (χ1v) is 5.28. The van der Waals surface area contributed by atoms with E-state index in [-0.39, 0.29) is 20.2 Å². The van der Waals surface area contributed by atoms with E-state index in [9.17, 15) is 13.6 Å². The van der Waals surface area contributed by atoms with Crippen molar-refractivity contribution in [3.8, 4) is 0 Å². The third-order valence-electron chi connectivity index (χ3n) is 1.60. The largest absolute Gasteiger partial charge is 0.464 e. The van der Waals surface area contributed by atoms with Gasteiger partial charge in [0, 0.05) is 10.7 Å². The van der Waals surface area contributed by atoms with Crippen LogP contribution in [0.25, 0.3) is 0 Å². The van der Waals surface area contributed by atoms with Crippen molar-refractivity contribution in [1.29, 1.82) is 0 Å². The Balaban J connectivity index is 3.27. The second kappa shape index (κ2) is 4.98. The number of carbonyl (C=O) groups is 1. The molecule has 0 saturated heterocycles. The zero-order valence-corrected chi connectivity index (χ0v) is 10.6. The lowest BCUT2D eigenvalue weighted by atomic mass is 10.2. The number of aromatic nitrogens is 1. The molecular formula is C8H5Br2F2NO2. The van der Waals surface area contributed by atoms with Crippen molar-refractivity contribution in [2.24, 2.45) is 0 Å². The van der Waals surface area contributed by atoms with Gasteiger partial charge in [-0.3, -0.25) is 0 Å². The summed E-state index contributed by atoms with van der Waals surface area (Å²) in [4.78, 5) is 14.7. The van der Waals surface area contributed by atoms with Crippen LogP contribution in [0.2, 0.25) is 0 Å². The van der Waals surface area contributed by atoms with Crippen molar-refractivity contribution in [3.05, 3.63) is 26.4 Å². The number of ether oxygens (including phenoxy) is 1. The average Bonchev–Trinajstić information content (AvgIpc) is 2.20. The summed E-state index contributed by atoms with van der Waals surface area (Å²) >= 11 is 5.95. The fraction of sp³-hybridized carbons (Fsp3) is 0.250. The lowest BCUT2D eigenvalue weighted by molar-refractivity contribution is 0.0592. The molecule has 1 aromatic rings. The van der Waals surface area contributed by atoms with Crippen LogP contribution in [-0.4, -0.2) is 18.1 Å². The highest BCUT2D eigenvalue weighted by molar-refractivity contribution is 9.13. The van der Waals surface area contributed by atoms with Gasteiger partial charge in [-0.05, 0) is 31.9 Å². The molecule has 0 unspecified atom stereocenters. The van der Waals surface area contributed by atoms with Crippen LogP contribution in [0.3, 0.4) is 0 Å². The normalized spacial score (nSPS) is 10.5. The number of methoxy groups -OCH3 is 1. The second-order valence-electron chi connectivity index (χ2n) is 2.48. The van der Waals surface area contributed by atoms with Gasteiger partial charge in [-0.1, -0.05) is 0 Å². The van der Waals surface area contributed by atoms with Gasteiger partial charge in [0.1, 0.15) is 0 Å². The number of hydrogen-bond acceptors (Lipinski definition) is 3. The fourth-order valence-electron chi connectivity index (χ4n) is 0.869. The minimum Gasteiger partial charge on any atom is -0.464 e. The summed E-state index contributed by atoms with van der Waals surface area (Å²) in [5.74, 6) is -0.691. The van der Waals surface area contributed by atoms with Gasteiger partial charge in [0.15, 0.2) is 5.69 Å². The zero-order chi connectivity index (χ0) is 11.6. The number of pyridine rings is 1. The molecule has 0 aliphatic carbocycles. The molecule has 15 heavy (non-hydrogen) atoms. The maximum absolute atomic E-state index is 12.4. The highest BCUT2D eigenvalue weighted by Crippen LogP contribution is 2.34. The molecule has 0 radical (unpaired) electrons. The fourth-order valence-corrected chi connectivity index (χ4v) is 1.83. The van der Waals surface area contributed by atoms with E-state index in [1.807, 2.05) is 0 Å². The van der Waals surface area contributed by atoms with Crippen molar-refractivity contribution in [3.63, 3.8) is 0 Å². The van der Waals surface area contributed by atoms with Crippen LogP contribution in [0, 0.1) is 0 Å². The van der Waals surface area contributed by atoms with E-state index in [0.29, 0.717) is 0 Å². The van der Waals surface area contributed by atoms with E-state index >= 15 is 0 Å². The summed E-state index contributed by atoms with van der Waals surface area (Å²) in [5.41, 5.74) is -0.330. The van der Waals surface area contributed by atoms with Crippen LogP contribution in [0.5, 0.6) is 0 Å². The van der Waals surface area contributed by atoms with Crippen molar-refractivity contribution in [1.82, 2.24) is 4.98 Å². The molecule has 0 fully saturated rings. The van der Waals surface area contributed by atoms with Gasteiger partial charge < -0.3 is 4.74 Å². The van der Waals surface area contributed by atoms with E-state index in [1.54, 1.807) is 0 Å². The Labute approximate surface area is 101 Å². The summed E-state index contributed by atoms with van der Waals surface area (Å²) in [6.45, 7) is 0. The van der Waals surface area contributed by atoms with Crippen molar-refractivity contribution < 1.29 is 18.3 Å². The number of halogens is 4. The van der Waals surface area contributed by atoms with Gasteiger partial charge in [0.2, 0.25) is 0 Å². The molecule has 1 aromatic heterocycles. The van der Waals surface area contributed by atoms with Crippen molar-refractivity contribution >= 4 is 37.8 Å². The van der Waals surface area contributed by atoms with E-state index in [1.165, 1.54) is 7.11 Å². The lowest BCUT2D eigenvalue weighted by Crippen LogP contribution is -2.07. The second-order valence-corrected chi connectivity index (χ2v) is 4.07. The highest BCUT2D eigenvalue weighted by atomic mass is 79.9. The van der Waals surface area contributed by atoms with Gasteiger partial charge in [0.25, 0.3) is 6.43 Å². The number of carbonyl (C=O) groups excluding carboxylic acids is 1. The maximum Gasteiger partial charge on any atom is 0.357 e. The monoisotopic (exact) mass is 343 g/mol. The minimum atomic E-state index is -2.66. The lowest BCUT2D eigenvalue weighted by Gasteiger charge is -2.07. The van der Waals surface area contributed by atoms with Crippen LogP contribution >= 0.6 is 31.9 Å². The third kappa shape index (κ3) is 2.52.